The molecule has 0 radical (unpaired) electrons. The van der Waals surface area contributed by atoms with Crippen LogP contribution in [0.3, 0.4) is 0 Å². The fourth-order valence-corrected chi connectivity index (χ4v) is 2.19. The van der Waals surface area contributed by atoms with E-state index in [4.69, 9.17) is 9.47 Å². The molecule has 21 heavy (non-hydrogen) atoms. The number of hydrogen-bond donors (Lipinski definition) is 1. The van der Waals surface area contributed by atoms with Gasteiger partial charge in [-0.3, -0.25) is 4.79 Å². The van der Waals surface area contributed by atoms with Crippen LogP contribution in [0.4, 0.5) is 0 Å². The third kappa shape index (κ3) is 3.87. The van der Waals surface area contributed by atoms with Gasteiger partial charge in [-0.25, -0.2) is 4.79 Å². The Hall–Kier alpha value is -2.24. The number of hydrogen-bond acceptors (Lipinski definition) is 4. The third-order valence-corrected chi connectivity index (χ3v) is 3.15. The lowest BCUT2D eigenvalue weighted by Crippen LogP contribution is -2.38. The molecule has 6 heteroatoms. The van der Waals surface area contributed by atoms with E-state index in [0.29, 0.717) is 30.0 Å². The van der Waals surface area contributed by atoms with Gasteiger partial charge in [0.2, 0.25) is 5.91 Å². The molecule has 0 aliphatic heterocycles. The molecule has 1 aromatic carbocycles. The monoisotopic (exact) mass is 295 g/mol. The van der Waals surface area contributed by atoms with Gasteiger partial charge in [0.05, 0.1) is 14.2 Å². The van der Waals surface area contributed by atoms with Gasteiger partial charge in [0, 0.05) is 25.1 Å². The van der Waals surface area contributed by atoms with E-state index in [1.165, 1.54) is 26.0 Å². The van der Waals surface area contributed by atoms with Crippen molar-refractivity contribution in [2.75, 3.05) is 20.8 Å². The number of ether oxygens (including phenoxy) is 2. The average Bonchev–Trinajstić information content (AvgIpc) is 2.46. The first-order chi connectivity index (χ1) is 9.96. The highest BCUT2D eigenvalue weighted by atomic mass is 16.5. The highest BCUT2D eigenvalue weighted by molar-refractivity contribution is 5.84. The minimum atomic E-state index is -1.10. The highest BCUT2D eigenvalue weighted by Crippen LogP contribution is 2.33. The molecule has 0 spiro atoms. The van der Waals surface area contributed by atoms with Crippen LogP contribution in [0.1, 0.15) is 31.9 Å². The van der Waals surface area contributed by atoms with Gasteiger partial charge < -0.3 is 19.5 Å². The van der Waals surface area contributed by atoms with Crippen molar-refractivity contribution < 1.29 is 24.2 Å². The van der Waals surface area contributed by atoms with Crippen molar-refractivity contribution in [2.24, 2.45) is 0 Å². The van der Waals surface area contributed by atoms with E-state index in [-0.39, 0.29) is 5.91 Å². The standard InChI is InChI=1S/C15H21NO5/c1-5-8-16(10(2)17)14(15(18)19)12-7-6-11(20-3)9-13(12)21-4/h6-7,9,14H,5,8H2,1-4H3,(H,18,19). The highest BCUT2D eigenvalue weighted by Gasteiger charge is 2.31. The molecule has 6 nitrogen and oxygen atoms in total. The molecular weight excluding hydrogens is 274 g/mol. The molecule has 0 aliphatic rings. The lowest BCUT2D eigenvalue weighted by atomic mass is 10.0. The van der Waals surface area contributed by atoms with Crippen LogP contribution in [0.15, 0.2) is 18.2 Å². The molecule has 1 aromatic rings. The van der Waals surface area contributed by atoms with Crippen molar-refractivity contribution in [1.29, 1.82) is 0 Å². The lowest BCUT2D eigenvalue weighted by Gasteiger charge is -2.29. The first kappa shape index (κ1) is 16.8. The fraction of sp³-hybridized carbons (Fsp3) is 0.467. The maximum absolute atomic E-state index is 11.8. The van der Waals surface area contributed by atoms with Crippen molar-refractivity contribution in [3.8, 4) is 11.5 Å². The molecule has 0 fully saturated rings. The van der Waals surface area contributed by atoms with Gasteiger partial charge in [-0.15, -0.1) is 0 Å². The Morgan fingerprint density at radius 1 is 1.29 bits per heavy atom. The predicted octanol–water partition coefficient (Wildman–Crippen LogP) is 2.09. The first-order valence-electron chi connectivity index (χ1n) is 6.68. The van der Waals surface area contributed by atoms with Gasteiger partial charge in [-0.1, -0.05) is 6.92 Å². The van der Waals surface area contributed by atoms with Crippen LogP contribution in [0.25, 0.3) is 0 Å². The second-order valence-electron chi connectivity index (χ2n) is 4.56. The van der Waals surface area contributed by atoms with Crippen molar-refractivity contribution in [3.05, 3.63) is 23.8 Å². The SMILES string of the molecule is CCCN(C(C)=O)C(C(=O)O)c1ccc(OC)cc1OC. The number of methoxy groups -OCH3 is 2. The molecule has 0 aromatic heterocycles. The van der Waals surface area contributed by atoms with Crippen LogP contribution in [-0.2, 0) is 9.59 Å². The van der Waals surface area contributed by atoms with E-state index in [1.807, 2.05) is 6.92 Å². The minimum absolute atomic E-state index is 0.290. The van der Waals surface area contributed by atoms with E-state index >= 15 is 0 Å². The van der Waals surface area contributed by atoms with E-state index in [0.717, 1.165) is 0 Å². The molecule has 1 N–H and O–H groups in total. The van der Waals surface area contributed by atoms with Crippen LogP contribution in [-0.4, -0.2) is 42.6 Å². The third-order valence-electron chi connectivity index (χ3n) is 3.15. The number of carbonyl (C=O) groups excluding carboxylic acids is 1. The molecule has 0 saturated heterocycles. The molecule has 1 amide bonds. The first-order valence-corrected chi connectivity index (χ1v) is 6.68. The van der Waals surface area contributed by atoms with Gasteiger partial charge in [0.15, 0.2) is 6.04 Å². The topological polar surface area (TPSA) is 76.1 Å². The molecule has 1 rings (SSSR count). The summed E-state index contributed by atoms with van der Waals surface area (Å²) in [6, 6.07) is 3.79. The molecule has 0 aliphatic carbocycles. The van der Waals surface area contributed by atoms with Gasteiger partial charge >= 0.3 is 5.97 Å². The number of carboxylic acid groups (broad SMARTS) is 1. The summed E-state index contributed by atoms with van der Waals surface area (Å²) in [6.07, 6.45) is 0.668. The van der Waals surface area contributed by atoms with Crippen molar-refractivity contribution in [2.45, 2.75) is 26.3 Å². The zero-order chi connectivity index (χ0) is 16.0. The van der Waals surface area contributed by atoms with Crippen LogP contribution < -0.4 is 9.47 Å². The van der Waals surface area contributed by atoms with Crippen molar-refractivity contribution in [1.82, 2.24) is 4.90 Å². The van der Waals surface area contributed by atoms with Gasteiger partial charge in [-0.2, -0.15) is 0 Å². The Morgan fingerprint density at radius 2 is 1.95 bits per heavy atom. The van der Waals surface area contributed by atoms with Crippen LogP contribution >= 0.6 is 0 Å². The second kappa shape index (κ2) is 7.52. The number of carboxylic acids is 1. The lowest BCUT2D eigenvalue weighted by molar-refractivity contribution is -0.149. The molecule has 0 bridgehead atoms. The number of nitrogens with zero attached hydrogens (tertiary/aromatic N) is 1. The van der Waals surface area contributed by atoms with Crippen molar-refractivity contribution in [3.63, 3.8) is 0 Å². The Kier molecular flexibility index (Phi) is 6.02. The molecule has 1 atom stereocenters. The summed E-state index contributed by atoms with van der Waals surface area (Å²) in [5, 5.41) is 9.54. The summed E-state index contributed by atoms with van der Waals surface area (Å²) in [5.74, 6) is -0.446. The zero-order valence-electron chi connectivity index (χ0n) is 12.8. The Balaban J connectivity index is 3.33. The maximum Gasteiger partial charge on any atom is 0.331 e. The Bertz CT molecular complexity index is 515. The van der Waals surface area contributed by atoms with Gasteiger partial charge in [-0.05, 0) is 18.6 Å². The quantitative estimate of drug-likeness (QED) is 0.833. The summed E-state index contributed by atoms with van der Waals surface area (Å²) in [4.78, 5) is 24.8. The summed E-state index contributed by atoms with van der Waals surface area (Å²) in [5.41, 5.74) is 0.425. The summed E-state index contributed by atoms with van der Waals surface area (Å²) >= 11 is 0. The van der Waals surface area contributed by atoms with E-state index in [1.54, 1.807) is 18.2 Å². The number of benzene rings is 1. The molecule has 0 saturated carbocycles. The Labute approximate surface area is 124 Å². The second-order valence-corrected chi connectivity index (χ2v) is 4.56. The van der Waals surface area contributed by atoms with E-state index in [9.17, 15) is 14.7 Å². The maximum atomic E-state index is 11.8. The van der Waals surface area contributed by atoms with E-state index in [2.05, 4.69) is 0 Å². The smallest absolute Gasteiger partial charge is 0.331 e. The number of rotatable bonds is 7. The largest absolute Gasteiger partial charge is 0.497 e. The molecular formula is C15H21NO5. The molecule has 116 valence electrons. The van der Waals surface area contributed by atoms with Crippen LogP contribution in [0.5, 0.6) is 11.5 Å². The minimum Gasteiger partial charge on any atom is -0.497 e. The average molecular weight is 295 g/mol. The fourth-order valence-electron chi connectivity index (χ4n) is 2.19. The summed E-state index contributed by atoms with van der Waals surface area (Å²) < 4.78 is 10.3. The number of carbonyl (C=O) groups is 2. The van der Waals surface area contributed by atoms with Gasteiger partial charge in [0.25, 0.3) is 0 Å². The summed E-state index contributed by atoms with van der Waals surface area (Å²) in [6.45, 7) is 3.61. The van der Waals surface area contributed by atoms with Crippen LogP contribution in [0, 0.1) is 0 Å². The Morgan fingerprint density at radius 3 is 2.38 bits per heavy atom. The zero-order valence-corrected chi connectivity index (χ0v) is 12.8. The molecule has 0 heterocycles. The van der Waals surface area contributed by atoms with E-state index < -0.39 is 12.0 Å². The number of amides is 1. The summed E-state index contributed by atoms with van der Waals surface area (Å²) in [7, 11) is 2.97. The number of aliphatic carboxylic acids is 1. The normalized spacial score (nSPS) is 11.6. The van der Waals surface area contributed by atoms with Gasteiger partial charge in [0.1, 0.15) is 11.5 Å². The van der Waals surface area contributed by atoms with Crippen molar-refractivity contribution >= 4 is 11.9 Å². The molecule has 1 unspecified atom stereocenters. The van der Waals surface area contributed by atoms with Crippen LogP contribution in [0.2, 0.25) is 0 Å². The predicted molar refractivity (Wildman–Crippen MR) is 77.6 cm³/mol.